The molecule has 3 aliphatic heterocycles. The molecule has 0 aromatic rings. The van der Waals surface area contributed by atoms with E-state index in [9.17, 15) is 0 Å². The van der Waals surface area contributed by atoms with Crippen molar-refractivity contribution in [3.8, 4) is 0 Å². The second-order valence-electron chi connectivity index (χ2n) is 25.8. The minimum atomic E-state index is 0.269. The predicted molar refractivity (Wildman–Crippen MR) is 243 cm³/mol. The Morgan fingerprint density at radius 3 is 2.09 bits per heavy atom. The lowest BCUT2D eigenvalue weighted by molar-refractivity contribution is -0.0239. The highest BCUT2D eigenvalue weighted by atomic mass is 15.3. The molecule has 12 unspecified atom stereocenters. The maximum atomic E-state index is 3.41. The molecule has 4 saturated carbocycles. The molecule has 10 aliphatic rings. The Bertz CT molecular complexity index is 1590. The average molecular weight is 775 g/mol. The van der Waals surface area contributed by atoms with Gasteiger partial charge in [0, 0.05) is 35.4 Å². The molecule has 3 heterocycles. The SMILES string of the molecule is CC1CC2=C3B(C4C=C(C5CCCCC5)CC5C4N(C3C1)C(C)(C)C51CCCCC1)C1CC(C(C)(C)C)CCC1N2C1CCC(C(C)(C)C)CC1C1CC=CCC1. The first-order chi connectivity index (χ1) is 27.2. The summed E-state index contributed by atoms with van der Waals surface area (Å²) in [5.74, 6) is 7.52. The van der Waals surface area contributed by atoms with Crippen LogP contribution in [0.1, 0.15) is 204 Å². The summed E-state index contributed by atoms with van der Waals surface area (Å²) in [6.45, 7) is 24.7. The fraction of sp³-hybridized carbons (Fsp3) is 0.889. The van der Waals surface area contributed by atoms with E-state index >= 15 is 0 Å². The maximum Gasteiger partial charge on any atom is 0.188 e. The molecule has 0 N–H and O–H groups in total. The second-order valence-corrected chi connectivity index (χ2v) is 25.8. The monoisotopic (exact) mass is 775 g/mol. The van der Waals surface area contributed by atoms with Crippen LogP contribution in [0.3, 0.4) is 0 Å². The number of rotatable bonds is 3. The third-order valence-electron chi connectivity index (χ3n) is 21.0. The van der Waals surface area contributed by atoms with Gasteiger partial charge in [-0.05, 0) is 179 Å². The van der Waals surface area contributed by atoms with Gasteiger partial charge in [0.2, 0.25) is 0 Å². The quantitative estimate of drug-likeness (QED) is 0.208. The molecule has 0 aromatic heterocycles. The van der Waals surface area contributed by atoms with Crippen LogP contribution in [0, 0.1) is 57.7 Å². The van der Waals surface area contributed by atoms with Crippen molar-refractivity contribution in [2.75, 3.05) is 0 Å². The van der Waals surface area contributed by atoms with Crippen LogP contribution in [-0.2, 0) is 0 Å². The van der Waals surface area contributed by atoms with Crippen molar-refractivity contribution >= 4 is 6.71 Å². The van der Waals surface area contributed by atoms with Gasteiger partial charge in [-0.2, -0.15) is 0 Å². The van der Waals surface area contributed by atoms with Gasteiger partial charge < -0.3 is 4.90 Å². The molecule has 0 radical (unpaired) electrons. The molecule has 10 rings (SSSR count). The van der Waals surface area contributed by atoms with Crippen molar-refractivity contribution in [3.05, 3.63) is 35.0 Å². The zero-order valence-corrected chi connectivity index (χ0v) is 38.8. The Hall–Kier alpha value is -0.955. The van der Waals surface area contributed by atoms with Crippen molar-refractivity contribution in [1.29, 1.82) is 0 Å². The normalized spacial score (nSPS) is 43.4. The molecule has 0 bridgehead atoms. The minimum Gasteiger partial charge on any atom is -0.370 e. The lowest BCUT2D eigenvalue weighted by atomic mass is 9.21. The Morgan fingerprint density at radius 2 is 1.40 bits per heavy atom. The highest BCUT2D eigenvalue weighted by Crippen LogP contribution is 2.71. The highest BCUT2D eigenvalue weighted by Gasteiger charge is 2.72. The van der Waals surface area contributed by atoms with Crippen LogP contribution in [-0.4, -0.2) is 46.2 Å². The van der Waals surface area contributed by atoms with E-state index in [0.717, 1.165) is 77.9 Å². The van der Waals surface area contributed by atoms with E-state index in [2.05, 4.69) is 95.8 Å². The lowest BCUT2D eigenvalue weighted by Gasteiger charge is -2.65. The number of allylic oxidation sites excluding steroid dienone is 4. The number of hydrogen-bond donors (Lipinski definition) is 0. The van der Waals surface area contributed by atoms with Gasteiger partial charge in [-0.1, -0.05) is 123 Å². The van der Waals surface area contributed by atoms with Gasteiger partial charge in [-0.25, -0.2) is 0 Å². The molecule has 2 nitrogen and oxygen atoms in total. The third-order valence-corrected chi connectivity index (χ3v) is 21.0. The van der Waals surface area contributed by atoms with Crippen LogP contribution >= 0.6 is 0 Å². The van der Waals surface area contributed by atoms with Crippen molar-refractivity contribution in [2.45, 2.75) is 245 Å². The molecule has 3 heteroatoms. The first kappa shape index (κ1) is 40.1. The fourth-order valence-corrected chi connectivity index (χ4v) is 18.2. The van der Waals surface area contributed by atoms with Crippen LogP contribution in [0.2, 0.25) is 11.6 Å². The molecule has 7 aliphatic carbocycles. The Morgan fingerprint density at radius 1 is 0.719 bits per heavy atom. The van der Waals surface area contributed by atoms with Crippen LogP contribution < -0.4 is 0 Å². The summed E-state index contributed by atoms with van der Waals surface area (Å²) in [4.78, 5) is 6.80. The Labute approximate surface area is 352 Å². The average Bonchev–Trinajstić information content (AvgIpc) is 3.38. The predicted octanol–water partition coefficient (Wildman–Crippen LogP) is 14.5. The summed E-state index contributed by atoms with van der Waals surface area (Å²) >= 11 is 0. The summed E-state index contributed by atoms with van der Waals surface area (Å²) in [6, 6.07) is 2.93. The van der Waals surface area contributed by atoms with E-state index in [0.29, 0.717) is 22.3 Å². The standard InChI is InChI=1S/C54H87BN2/c1-35-29-47-49-48(30-35)57-50-42(54(53(57,8)9)27-17-12-18-28-54)31-38(36-19-13-10-14-20-36)32-44(50)55(49)43-34-40(52(5,6)7)24-26-46(43)56(47)45-25-23-39(51(2,3)4)33-41(45)37-21-15-11-16-22-37/h11,15,32,35-37,39-46,48,50H,10,12-14,16-31,33-34H2,1-9H3. The zero-order chi connectivity index (χ0) is 39.6. The summed E-state index contributed by atoms with van der Waals surface area (Å²) in [6.07, 6.45) is 40.1. The summed E-state index contributed by atoms with van der Waals surface area (Å²) in [5.41, 5.74) is 7.58. The van der Waals surface area contributed by atoms with E-state index < -0.39 is 0 Å². The highest BCUT2D eigenvalue weighted by molar-refractivity contribution is 6.71. The van der Waals surface area contributed by atoms with E-state index in [-0.39, 0.29) is 5.54 Å². The third kappa shape index (κ3) is 6.36. The molecular formula is C54H87BN2. The molecule has 0 aromatic carbocycles. The van der Waals surface area contributed by atoms with E-state index in [1.54, 1.807) is 0 Å². The van der Waals surface area contributed by atoms with Gasteiger partial charge >= 0.3 is 0 Å². The molecular weight excluding hydrogens is 687 g/mol. The molecule has 0 amide bonds. The number of hydrogen-bond acceptors (Lipinski definition) is 2. The zero-order valence-electron chi connectivity index (χ0n) is 38.8. The van der Waals surface area contributed by atoms with Gasteiger partial charge in [0.15, 0.2) is 6.71 Å². The van der Waals surface area contributed by atoms with Gasteiger partial charge in [0.25, 0.3) is 0 Å². The van der Waals surface area contributed by atoms with E-state index in [4.69, 9.17) is 0 Å². The van der Waals surface area contributed by atoms with Gasteiger partial charge in [0.1, 0.15) is 0 Å². The maximum absolute atomic E-state index is 3.41. The fourth-order valence-electron chi connectivity index (χ4n) is 18.2. The van der Waals surface area contributed by atoms with Gasteiger partial charge in [0.05, 0.1) is 0 Å². The number of fused-ring (bicyclic) bond motifs is 5. The van der Waals surface area contributed by atoms with Crippen molar-refractivity contribution < 1.29 is 0 Å². The number of nitrogens with zero attached hydrogens (tertiary/aromatic N) is 2. The van der Waals surface area contributed by atoms with E-state index in [1.165, 1.54) is 141 Å². The minimum absolute atomic E-state index is 0.269. The first-order valence-electron chi connectivity index (χ1n) is 25.8. The molecule has 1 spiro atoms. The van der Waals surface area contributed by atoms with Crippen LogP contribution in [0.4, 0.5) is 0 Å². The van der Waals surface area contributed by atoms with Crippen LogP contribution in [0.15, 0.2) is 35.0 Å². The van der Waals surface area contributed by atoms with Gasteiger partial charge in [-0.15, -0.1) is 0 Å². The molecule has 57 heavy (non-hydrogen) atoms. The largest absolute Gasteiger partial charge is 0.370 e. The topological polar surface area (TPSA) is 6.48 Å². The first-order valence-corrected chi connectivity index (χ1v) is 25.8. The molecule has 6 fully saturated rings. The second kappa shape index (κ2) is 14.6. The van der Waals surface area contributed by atoms with Crippen LogP contribution in [0.25, 0.3) is 0 Å². The summed E-state index contributed by atoms with van der Waals surface area (Å²) in [5, 5.41) is 0. The Kier molecular flexibility index (Phi) is 10.3. The summed E-state index contributed by atoms with van der Waals surface area (Å²) in [7, 11) is 0. The van der Waals surface area contributed by atoms with Crippen molar-refractivity contribution in [2.24, 2.45) is 57.7 Å². The molecule has 12 atom stereocenters. The molecule has 2 saturated heterocycles. The summed E-state index contributed by atoms with van der Waals surface area (Å²) < 4.78 is 0. The Balaban J connectivity index is 1.16. The van der Waals surface area contributed by atoms with Gasteiger partial charge in [-0.3, -0.25) is 4.90 Å². The van der Waals surface area contributed by atoms with Crippen LogP contribution in [0.5, 0.6) is 0 Å². The van der Waals surface area contributed by atoms with Crippen molar-refractivity contribution in [1.82, 2.24) is 9.80 Å². The lowest BCUT2D eigenvalue weighted by Crippen LogP contribution is -2.69. The smallest absolute Gasteiger partial charge is 0.188 e. The van der Waals surface area contributed by atoms with E-state index in [1.807, 2.05) is 11.3 Å². The van der Waals surface area contributed by atoms with Crippen molar-refractivity contribution in [3.63, 3.8) is 0 Å². The molecule has 316 valence electrons.